The van der Waals surface area contributed by atoms with Gasteiger partial charge >= 0.3 is 0 Å². The second-order valence-electron chi connectivity index (χ2n) is 3.49. The minimum Gasteiger partial charge on any atom is -0.496 e. The standard InChI is InChI=1S/C12H16O2S/c1-8-5-6-10(11(7-8)14-3)9(2)12(13)15-4/h5-7,9H,1-4H3. The van der Waals surface area contributed by atoms with E-state index in [0.29, 0.717) is 0 Å². The van der Waals surface area contributed by atoms with Crippen LogP contribution in [0, 0.1) is 6.92 Å². The van der Waals surface area contributed by atoms with E-state index in [0.717, 1.165) is 16.9 Å². The minimum absolute atomic E-state index is 0.115. The molecule has 1 atom stereocenters. The highest BCUT2D eigenvalue weighted by atomic mass is 32.2. The predicted octanol–water partition coefficient (Wildman–Crippen LogP) is 3.00. The summed E-state index contributed by atoms with van der Waals surface area (Å²) >= 11 is 1.26. The summed E-state index contributed by atoms with van der Waals surface area (Å²) in [5.74, 6) is 0.681. The van der Waals surface area contributed by atoms with E-state index in [4.69, 9.17) is 4.74 Å². The molecule has 0 spiro atoms. The van der Waals surface area contributed by atoms with Gasteiger partial charge in [0.15, 0.2) is 5.12 Å². The molecular weight excluding hydrogens is 208 g/mol. The quantitative estimate of drug-likeness (QED) is 0.789. The van der Waals surface area contributed by atoms with E-state index in [-0.39, 0.29) is 11.0 Å². The minimum atomic E-state index is -0.115. The van der Waals surface area contributed by atoms with Gasteiger partial charge in [0.1, 0.15) is 5.75 Å². The average molecular weight is 224 g/mol. The van der Waals surface area contributed by atoms with E-state index in [1.54, 1.807) is 13.4 Å². The Hall–Kier alpha value is -0.960. The molecule has 0 N–H and O–H groups in total. The maximum Gasteiger partial charge on any atom is 0.195 e. The van der Waals surface area contributed by atoms with E-state index >= 15 is 0 Å². The van der Waals surface area contributed by atoms with E-state index in [2.05, 4.69) is 0 Å². The van der Waals surface area contributed by atoms with Crippen LogP contribution in [-0.4, -0.2) is 18.5 Å². The number of benzene rings is 1. The normalized spacial score (nSPS) is 12.3. The Bertz CT molecular complexity index is 361. The Morgan fingerprint density at radius 2 is 2.13 bits per heavy atom. The number of carbonyl (C=O) groups is 1. The van der Waals surface area contributed by atoms with Crippen molar-refractivity contribution in [3.63, 3.8) is 0 Å². The molecule has 0 fully saturated rings. The topological polar surface area (TPSA) is 26.3 Å². The molecule has 1 unspecified atom stereocenters. The van der Waals surface area contributed by atoms with Crippen molar-refractivity contribution >= 4 is 16.9 Å². The summed E-state index contributed by atoms with van der Waals surface area (Å²) in [6.45, 7) is 3.92. The highest BCUT2D eigenvalue weighted by Crippen LogP contribution is 2.30. The van der Waals surface area contributed by atoms with Gasteiger partial charge in [-0.1, -0.05) is 30.8 Å². The maximum absolute atomic E-state index is 11.6. The third-order valence-corrected chi connectivity index (χ3v) is 3.17. The van der Waals surface area contributed by atoms with Crippen molar-refractivity contribution in [3.05, 3.63) is 29.3 Å². The summed E-state index contributed by atoms with van der Waals surface area (Å²) in [6, 6.07) is 5.92. The monoisotopic (exact) mass is 224 g/mol. The fourth-order valence-corrected chi connectivity index (χ4v) is 1.96. The molecule has 3 heteroatoms. The lowest BCUT2D eigenvalue weighted by atomic mass is 10.00. The van der Waals surface area contributed by atoms with Crippen molar-refractivity contribution in [2.45, 2.75) is 19.8 Å². The first kappa shape index (κ1) is 12.1. The smallest absolute Gasteiger partial charge is 0.195 e. The predicted molar refractivity (Wildman–Crippen MR) is 64.7 cm³/mol. The van der Waals surface area contributed by atoms with Crippen molar-refractivity contribution in [2.24, 2.45) is 0 Å². The van der Waals surface area contributed by atoms with E-state index in [9.17, 15) is 4.79 Å². The molecule has 0 aromatic heterocycles. The van der Waals surface area contributed by atoms with Gasteiger partial charge in [-0.25, -0.2) is 0 Å². The Labute approximate surface area is 95.0 Å². The molecular formula is C12H16O2S. The fourth-order valence-electron chi connectivity index (χ4n) is 1.48. The van der Waals surface area contributed by atoms with Crippen LogP contribution in [0.2, 0.25) is 0 Å². The zero-order valence-electron chi connectivity index (χ0n) is 9.53. The van der Waals surface area contributed by atoms with Crippen LogP contribution in [-0.2, 0) is 4.79 Å². The summed E-state index contributed by atoms with van der Waals surface area (Å²) in [5, 5.41) is 0.164. The molecule has 0 bridgehead atoms. The first-order valence-electron chi connectivity index (χ1n) is 4.82. The molecule has 0 radical (unpaired) electrons. The van der Waals surface area contributed by atoms with Crippen LogP contribution in [0.25, 0.3) is 0 Å². The number of hydrogen-bond acceptors (Lipinski definition) is 3. The molecule has 0 aliphatic heterocycles. The Balaban J connectivity index is 3.07. The second-order valence-corrected chi connectivity index (χ2v) is 4.30. The van der Waals surface area contributed by atoms with Gasteiger partial charge in [0.05, 0.1) is 13.0 Å². The molecule has 0 amide bonds. The van der Waals surface area contributed by atoms with E-state index in [1.165, 1.54) is 11.8 Å². The van der Waals surface area contributed by atoms with Gasteiger partial charge < -0.3 is 4.74 Å². The lowest BCUT2D eigenvalue weighted by Crippen LogP contribution is -2.06. The highest BCUT2D eigenvalue weighted by Gasteiger charge is 2.17. The molecule has 0 heterocycles. The molecule has 1 aromatic rings. The molecule has 2 nitrogen and oxygen atoms in total. The lowest BCUT2D eigenvalue weighted by Gasteiger charge is -2.14. The van der Waals surface area contributed by atoms with Crippen LogP contribution in [0.1, 0.15) is 24.0 Å². The fraction of sp³-hybridized carbons (Fsp3) is 0.417. The summed E-state index contributed by atoms with van der Waals surface area (Å²) in [6.07, 6.45) is 1.81. The average Bonchev–Trinajstić information content (AvgIpc) is 2.26. The highest BCUT2D eigenvalue weighted by molar-refractivity contribution is 8.13. The third kappa shape index (κ3) is 2.75. The molecule has 1 rings (SSSR count). The van der Waals surface area contributed by atoms with Crippen molar-refractivity contribution in [2.75, 3.05) is 13.4 Å². The summed E-state index contributed by atoms with van der Waals surface area (Å²) < 4.78 is 5.28. The molecule has 82 valence electrons. The number of hydrogen-bond donors (Lipinski definition) is 0. The number of ether oxygens (including phenoxy) is 1. The van der Waals surface area contributed by atoms with Crippen LogP contribution >= 0.6 is 11.8 Å². The molecule has 0 aliphatic carbocycles. The molecule has 0 saturated heterocycles. The van der Waals surface area contributed by atoms with Gasteiger partial charge in [0.2, 0.25) is 0 Å². The zero-order valence-corrected chi connectivity index (χ0v) is 10.4. The third-order valence-electron chi connectivity index (χ3n) is 2.41. The first-order valence-corrected chi connectivity index (χ1v) is 6.05. The van der Waals surface area contributed by atoms with Gasteiger partial charge in [0, 0.05) is 5.56 Å². The van der Waals surface area contributed by atoms with Crippen LogP contribution in [0.3, 0.4) is 0 Å². The van der Waals surface area contributed by atoms with Crippen LogP contribution < -0.4 is 4.74 Å². The van der Waals surface area contributed by atoms with E-state index in [1.807, 2.05) is 32.0 Å². The van der Waals surface area contributed by atoms with Gasteiger partial charge in [-0.15, -0.1) is 0 Å². The van der Waals surface area contributed by atoms with Gasteiger partial charge in [0.25, 0.3) is 0 Å². The largest absolute Gasteiger partial charge is 0.496 e. The number of rotatable bonds is 3. The summed E-state index contributed by atoms with van der Waals surface area (Å²) in [5.41, 5.74) is 2.10. The first-order chi connectivity index (χ1) is 7.10. The lowest BCUT2D eigenvalue weighted by molar-refractivity contribution is -0.111. The van der Waals surface area contributed by atoms with Crippen molar-refractivity contribution in [1.29, 1.82) is 0 Å². The van der Waals surface area contributed by atoms with Crippen LogP contribution in [0.4, 0.5) is 0 Å². The molecule has 15 heavy (non-hydrogen) atoms. The SMILES string of the molecule is COc1cc(C)ccc1C(C)C(=O)SC. The van der Waals surface area contributed by atoms with Crippen molar-refractivity contribution in [1.82, 2.24) is 0 Å². The molecule has 1 aromatic carbocycles. The van der Waals surface area contributed by atoms with Crippen LogP contribution in [0.15, 0.2) is 18.2 Å². The van der Waals surface area contributed by atoms with Gasteiger partial charge in [-0.05, 0) is 24.8 Å². The van der Waals surface area contributed by atoms with Gasteiger partial charge in [-0.2, -0.15) is 0 Å². The van der Waals surface area contributed by atoms with Gasteiger partial charge in [-0.3, -0.25) is 4.79 Å². The zero-order chi connectivity index (χ0) is 11.4. The number of aryl methyl sites for hydroxylation is 1. The molecule has 0 saturated carbocycles. The summed E-state index contributed by atoms with van der Waals surface area (Å²) in [7, 11) is 1.63. The number of thioether (sulfide) groups is 1. The van der Waals surface area contributed by atoms with Crippen LogP contribution in [0.5, 0.6) is 5.75 Å². The second kappa shape index (κ2) is 5.21. The summed E-state index contributed by atoms with van der Waals surface area (Å²) in [4.78, 5) is 11.6. The maximum atomic E-state index is 11.6. The Morgan fingerprint density at radius 3 is 2.67 bits per heavy atom. The van der Waals surface area contributed by atoms with Crippen molar-refractivity contribution in [3.8, 4) is 5.75 Å². The number of carbonyl (C=O) groups excluding carboxylic acids is 1. The Kier molecular flexibility index (Phi) is 4.21. The van der Waals surface area contributed by atoms with Crippen molar-refractivity contribution < 1.29 is 9.53 Å². The Morgan fingerprint density at radius 1 is 1.47 bits per heavy atom. The number of methoxy groups -OCH3 is 1. The van der Waals surface area contributed by atoms with E-state index < -0.39 is 0 Å². The molecule has 0 aliphatic rings.